The van der Waals surface area contributed by atoms with Gasteiger partial charge in [0, 0.05) is 42.3 Å². The van der Waals surface area contributed by atoms with Gasteiger partial charge in [-0.3, -0.25) is 4.79 Å². The molecule has 1 aliphatic heterocycles. The molecule has 0 radical (unpaired) electrons. The number of aromatic nitrogens is 1. The molecular formula is C24H27N3O2. The van der Waals surface area contributed by atoms with Crippen LogP contribution in [0.4, 0.5) is 10.5 Å². The smallest absolute Gasteiger partial charge is 0.322 e. The second-order valence-electron chi connectivity index (χ2n) is 7.90. The summed E-state index contributed by atoms with van der Waals surface area (Å²) in [5.74, 6) is 0. The molecule has 2 heterocycles. The maximum atomic E-state index is 13.3. The molecule has 2 amide bonds. The topological polar surface area (TPSA) is 54.3 Å². The van der Waals surface area contributed by atoms with Crippen molar-refractivity contribution in [2.24, 2.45) is 7.05 Å². The second-order valence-corrected chi connectivity index (χ2v) is 7.90. The van der Waals surface area contributed by atoms with Crippen LogP contribution in [0.25, 0.3) is 10.9 Å². The highest BCUT2D eigenvalue weighted by Crippen LogP contribution is 2.25. The zero-order valence-electron chi connectivity index (χ0n) is 17.5. The van der Waals surface area contributed by atoms with Crippen molar-refractivity contribution in [2.45, 2.75) is 40.2 Å². The number of aryl methyl sites for hydroxylation is 4. The van der Waals surface area contributed by atoms with E-state index >= 15 is 0 Å². The van der Waals surface area contributed by atoms with Crippen LogP contribution >= 0.6 is 0 Å². The standard InChI is InChI=1S/C24H27N3O2/c1-5-17-8-6-7-9-20(17)25-24(29)27-11-10-21-19(14-27)23(28)18-13-15(2)12-16(3)22(18)26(21)4/h6-9,12-13H,5,10-11,14H2,1-4H3,(H,25,29). The fourth-order valence-electron chi connectivity index (χ4n) is 4.52. The highest BCUT2D eigenvalue weighted by molar-refractivity contribution is 5.90. The van der Waals surface area contributed by atoms with E-state index in [2.05, 4.69) is 29.8 Å². The van der Waals surface area contributed by atoms with Gasteiger partial charge in [-0.1, -0.05) is 31.2 Å². The summed E-state index contributed by atoms with van der Waals surface area (Å²) in [7, 11) is 2.02. The number of nitrogens with zero attached hydrogens (tertiary/aromatic N) is 2. The van der Waals surface area contributed by atoms with Gasteiger partial charge >= 0.3 is 6.03 Å². The lowest BCUT2D eigenvalue weighted by Crippen LogP contribution is -2.42. The van der Waals surface area contributed by atoms with Gasteiger partial charge in [0.15, 0.2) is 5.43 Å². The molecule has 4 rings (SSSR count). The van der Waals surface area contributed by atoms with E-state index in [-0.39, 0.29) is 11.5 Å². The first-order valence-corrected chi connectivity index (χ1v) is 10.2. The molecule has 29 heavy (non-hydrogen) atoms. The predicted octanol–water partition coefficient (Wildman–Crippen LogP) is 4.31. The van der Waals surface area contributed by atoms with Gasteiger partial charge in [0.25, 0.3) is 0 Å². The fraction of sp³-hybridized carbons (Fsp3) is 0.333. The SMILES string of the molecule is CCc1ccccc1NC(=O)N1CCc2c(c(=O)c3cc(C)cc(C)c3n2C)C1. The third-order valence-electron chi connectivity index (χ3n) is 5.95. The average Bonchev–Trinajstić information content (AvgIpc) is 2.71. The van der Waals surface area contributed by atoms with Gasteiger partial charge in [0.05, 0.1) is 12.1 Å². The van der Waals surface area contributed by atoms with Gasteiger partial charge in [0.1, 0.15) is 0 Å². The molecule has 0 spiro atoms. The Bertz CT molecular complexity index is 1180. The number of amides is 2. The van der Waals surface area contributed by atoms with Crippen LogP contribution in [0.2, 0.25) is 0 Å². The van der Waals surface area contributed by atoms with Crippen molar-refractivity contribution in [3.05, 3.63) is 74.6 Å². The summed E-state index contributed by atoms with van der Waals surface area (Å²) >= 11 is 0. The highest BCUT2D eigenvalue weighted by Gasteiger charge is 2.26. The van der Waals surface area contributed by atoms with Crippen molar-refractivity contribution in [1.29, 1.82) is 0 Å². The van der Waals surface area contributed by atoms with Crippen LogP contribution in [0.1, 0.15) is 34.9 Å². The Balaban J connectivity index is 1.70. The van der Waals surface area contributed by atoms with Crippen LogP contribution in [-0.2, 0) is 26.4 Å². The highest BCUT2D eigenvalue weighted by atomic mass is 16.2. The van der Waals surface area contributed by atoms with E-state index in [1.54, 1.807) is 4.90 Å². The van der Waals surface area contributed by atoms with Crippen molar-refractivity contribution < 1.29 is 4.79 Å². The molecule has 0 fully saturated rings. The van der Waals surface area contributed by atoms with Crippen LogP contribution in [0.15, 0.2) is 41.2 Å². The summed E-state index contributed by atoms with van der Waals surface area (Å²) in [6.45, 7) is 7.06. The lowest BCUT2D eigenvalue weighted by molar-refractivity contribution is 0.205. The number of carbonyl (C=O) groups excluding carboxylic acids is 1. The molecule has 5 heteroatoms. The predicted molar refractivity (Wildman–Crippen MR) is 118 cm³/mol. The van der Waals surface area contributed by atoms with Gasteiger partial charge in [-0.25, -0.2) is 4.79 Å². The Morgan fingerprint density at radius 2 is 1.93 bits per heavy atom. The van der Waals surface area contributed by atoms with E-state index < -0.39 is 0 Å². The molecule has 3 aromatic rings. The number of benzene rings is 2. The Morgan fingerprint density at radius 1 is 1.17 bits per heavy atom. The molecule has 0 bridgehead atoms. The monoisotopic (exact) mass is 389 g/mol. The molecule has 0 aliphatic carbocycles. The van der Waals surface area contributed by atoms with Crippen molar-refractivity contribution in [3.8, 4) is 0 Å². The number of urea groups is 1. The van der Waals surface area contributed by atoms with Gasteiger partial charge in [-0.15, -0.1) is 0 Å². The summed E-state index contributed by atoms with van der Waals surface area (Å²) in [6.07, 6.45) is 1.53. The van der Waals surface area contributed by atoms with E-state index in [1.807, 2.05) is 44.3 Å². The number of fused-ring (bicyclic) bond motifs is 2. The number of anilines is 1. The Labute approximate surface area is 171 Å². The Hall–Kier alpha value is -3.08. The summed E-state index contributed by atoms with van der Waals surface area (Å²) < 4.78 is 2.14. The minimum Gasteiger partial charge on any atom is -0.347 e. The maximum absolute atomic E-state index is 13.3. The van der Waals surface area contributed by atoms with Crippen LogP contribution in [0.5, 0.6) is 0 Å². The van der Waals surface area contributed by atoms with Crippen molar-refractivity contribution in [3.63, 3.8) is 0 Å². The molecule has 1 aromatic heterocycles. The van der Waals surface area contributed by atoms with Crippen molar-refractivity contribution in [1.82, 2.24) is 9.47 Å². The molecule has 0 saturated heterocycles. The average molecular weight is 389 g/mol. The number of rotatable bonds is 2. The molecular weight excluding hydrogens is 362 g/mol. The Kier molecular flexibility index (Phi) is 4.91. The van der Waals surface area contributed by atoms with Crippen LogP contribution < -0.4 is 10.7 Å². The molecule has 0 saturated carbocycles. The molecule has 150 valence electrons. The Morgan fingerprint density at radius 3 is 2.69 bits per heavy atom. The number of pyridine rings is 1. The normalized spacial score (nSPS) is 13.4. The maximum Gasteiger partial charge on any atom is 0.322 e. The van der Waals surface area contributed by atoms with Crippen LogP contribution in [0.3, 0.4) is 0 Å². The van der Waals surface area contributed by atoms with Crippen molar-refractivity contribution in [2.75, 3.05) is 11.9 Å². The zero-order chi connectivity index (χ0) is 20.7. The van der Waals surface area contributed by atoms with Gasteiger partial charge < -0.3 is 14.8 Å². The minimum absolute atomic E-state index is 0.0476. The summed E-state index contributed by atoms with van der Waals surface area (Å²) in [6, 6.07) is 11.8. The van der Waals surface area contributed by atoms with Crippen LogP contribution in [0, 0.1) is 13.8 Å². The first-order valence-electron chi connectivity index (χ1n) is 10.2. The van der Waals surface area contributed by atoms with Crippen LogP contribution in [-0.4, -0.2) is 22.0 Å². The summed E-state index contributed by atoms with van der Waals surface area (Å²) in [5.41, 5.74) is 6.94. The van der Waals surface area contributed by atoms with Gasteiger partial charge in [-0.2, -0.15) is 0 Å². The molecule has 2 aromatic carbocycles. The third kappa shape index (κ3) is 3.31. The lowest BCUT2D eigenvalue weighted by atomic mass is 9.98. The number of carbonyl (C=O) groups is 1. The van der Waals surface area contributed by atoms with E-state index in [1.165, 1.54) is 0 Å². The number of nitrogens with one attached hydrogen (secondary N) is 1. The van der Waals surface area contributed by atoms with Gasteiger partial charge in [-0.05, 0) is 49.1 Å². The first-order chi connectivity index (χ1) is 13.9. The molecule has 5 nitrogen and oxygen atoms in total. The quantitative estimate of drug-likeness (QED) is 0.710. The number of hydrogen-bond acceptors (Lipinski definition) is 2. The first kappa shape index (κ1) is 19.2. The summed E-state index contributed by atoms with van der Waals surface area (Å²) in [5, 5.41) is 3.77. The van der Waals surface area contributed by atoms with E-state index in [0.29, 0.717) is 19.5 Å². The minimum atomic E-state index is -0.154. The van der Waals surface area contributed by atoms with E-state index in [9.17, 15) is 9.59 Å². The molecule has 0 atom stereocenters. The molecule has 1 N–H and O–H groups in total. The third-order valence-corrected chi connectivity index (χ3v) is 5.95. The molecule has 1 aliphatic rings. The fourth-order valence-corrected chi connectivity index (χ4v) is 4.52. The second kappa shape index (κ2) is 7.39. The molecule has 0 unspecified atom stereocenters. The van der Waals surface area contributed by atoms with Crippen molar-refractivity contribution >= 4 is 22.6 Å². The zero-order valence-corrected chi connectivity index (χ0v) is 17.5. The summed E-state index contributed by atoms with van der Waals surface area (Å²) in [4.78, 5) is 27.9. The number of para-hydroxylation sites is 1. The largest absolute Gasteiger partial charge is 0.347 e. The number of hydrogen-bond donors (Lipinski definition) is 1. The van der Waals surface area contributed by atoms with Gasteiger partial charge in [0.2, 0.25) is 0 Å². The van der Waals surface area contributed by atoms with E-state index in [4.69, 9.17) is 0 Å². The lowest BCUT2D eigenvalue weighted by Gasteiger charge is -2.31. The van der Waals surface area contributed by atoms with E-state index in [0.717, 1.165) is 51.0 Å².